The van der Waals surface area contributed by atoms with Crippen LogP contribution in [0, 0.1) is 6.92 Å². The first-order chi connectivity index (χ1) is 12.7. The Labute approximate surface area is 151 Å². The number of anilines is 1. The van der Waals surface area contributed by atoms with Crippen molar-refractivity contribution in [2.45, 2.75) is 13.8 Å². The highest BCUT2D eigenvalue weighted by Gasteiger charge is 2.20. The van der Waals surface area contributed by atoms with Crippen LogP contribution in [0.4, 0.5) is 5.69 Å². The summed E-state index contributed by atoms with van der Waals surface area (Å²) in [6, 6.07) is 16.0. The Kier molecular flexibility index (Phi) is 4.01. The number of aromatic nitrogens is 2. The zero-order valence-corrected chi connectivity index (χ0v) is 14.7. The molecule has 0 radical (unpaired) electrons. The number of rotatable bonds is 3. The highest BCUT2D eigenvalue weighted by Crippen LogP contribution is 2.28. The van der Waals surface area contributed by atoms with Crippen molar-refractivity contribution in [3.05, 3.63) is 66.1 Å². The number of oxime groups is 1. The van der Waals surface area contributed by atoms with Crippen LogP contribution in [-0.4, -0.2) is 33.2 Å². The van der Waals surface area contributed by atoms with Gasteiger partial charge in [-0.05, 0) is 43.7 Å². The first kappa shape index (κ1) is 16.1. The number of fused-ring (bicyclic) bond motifs is 1. The molecule has 0 aliphatic carbocycles. The van der Waals surface area contributed by atoms with E-state index in [-0.39, 0.29) is 0 Å². The van der Waals surface area contributed by atoms with Gasteiger partial charge in [0.05, 0.1) is 29.5 Å². The zero-order chi connectivity index (χ0) is 18.1. The molecule has 4 rings (SSSR count). The average molecular weight is 345 g/mol. The molecule has 0 atom stereocenters. The van der Waals surface area contributed by atoms with Crippen LogP contribution in [0.25, 0.3) is 16.9 Å². The van der Waals surface area contributed by atoms with E-state index in [1.807, 2.05) is 61.8 Å². The minimum atomic E-state index is 0.587. The summed E-state index contributed by atoms with van der Waals surface area (Å²) in [5.41, 5.74) is 4.53. The molecular formula is C20H19N5O. The topological polar surface area (TPSA) is 66.0 Å². The van der Waals surface area contributed by atoms with Crippen molar-refractivity contribution in [2.75, 3.05) is 11.4 Å². The van der Waals surface area contributed by atoms with Gasteiger partial charge < -0.3 is 10.1 Å². The predicted octanol–water partition coefficient (Wildman–Crippen LogP) is 3.89. The van der Waals surface area contributed by atoms with Crippen LogP contribution in [-0.2, 0) is 0 Å². The van der Waals surface area contributed by atoms with Crippen molar-refractivity contribution in [3.63, 3.8) is 0 Å². The van der Waals surface area contributed by atoms with E-state index < -0.39 is 0 Å². The van der Waals surface area contributed by atoms with E-state index in [0.717, 1.165) is 33.9 Å². The van der Waals surface area contributed by atoms with Gasteiger partial charge in [0.2, 0.25) is 0 Å². The lowest BCUT2D eigenvalue weighted by Gasteiger charge is -2.29. The highest BCUT2D eigenvalue weighted by molar-refractivity contribution is 5.98. The fraction of sp³-hybridized carbons (Fsp3) is 0.150. The van der Waals surface area contributed by atoms with Crippen molar-refractivity contribution in [1.29, 1.82) is 0 Å². The summed E-state index contributed by atoms with van der Waals surface area (Å²) < 4.78 is 2.13. The Balaban J connectivity index is 1.79. The molecule has 1 aliphatic heterocycles. The quantitative estimate of drug-likeness (QED) is 0.445. The van der Waals surface area contributed by atoms with Gasteiger partial charge in [0.25, 0.3) is 0 Å². The van der Waals surface area contributed by atoms with Gasteiger partial charge in [-0.2, -0.15) is 0 Å². The third kappa shape index (κ3) is 2.65. The maximum atomic E-state index is 8.95. The zero-order valence-electron chi connectivity index (χ0n) is 14.7. The first-order valence-corrected chi connectivity index (χ1v) is 8.42. The minimum absolute atomic E-state index is 0.587. The number of aryl methyl sites for hydroxylation is 1. The lowest BCUT2D eigenvalue weighted by molar-refractivity contribution is 0.319. The van der Waals surface area contributed by atoms with Crippen molar-refractivity contribution < 1.29 is 5.21 Å². The van der Waals surface area contributed by atoms with E-state index in [1.54, 1.807) is 6.92 Å². The molecule has 3 aromatic rings. The molecule has 0 saturated heterocycles. The summed E-state index contributed by atoms with van der Waals surface area (Å²) in [4.78, 5) is 11.2. The van der Waals surface area contributed by atoms with Gasteiger partial charge in [-0.15, -0.1) is 0 Å². The molecule has 1 aliphatic rings. The number of para-hydroxylation sites is 2. The van der Waals surface area contributed by atoms with Gasteiger partial charge in [0.15, 0.2) is 0 Å². The molecule has 0 fully saturated rings. The molecule has 0 saturated carbocycles. The second-order valence-corrected chi connectivity index (χ2v) is 6.14. The van der Waals surface area contributed by atoms with E-state index in [9.17, 15) is 0 Å². The molecule has 26 heavy (non-hydrogen) atoms. The monoisotopic (exact) mass is 345 g/mol. The van der Waals surface area contributed by atoms with Crippen LogP contribution < -0.4 is 4.90 Å². The number of benzene rings is 2. The number of imidazole rings is 1. The highest BCUT2D eigenvalue weighted by atomic mass is 16.4. The molecular weight excluding hydrogens is 326 g/mol. The third-order valence-corrected chi connectivity index (χ3v) is 4.54. The van der Waals surface area contributed by atoms with Crippen LogP contribution in [0.15, 0.2) is 64.9 Å². The normalized spacial score (nSPS) is 14.8. The summed E-state index contributed by atoms with van der Waals surface area (Å²) >= 11 is 0. The van der Waals surface area contributed by atoms with E-state index in [1.165, 1.54) is 0 Å². The van der Waals surface area contributed by atoms with Crippen LogP contribution in [0.2, 0.25) is 0 Å². The van der Waals surface area contributed by atoms with Crippen LogP contribution in [0.3, 0.4) is 0 Å². The van der Waals surface area contributed by atoms with Crippen molar-refractivity contribution in [2.24, 2.45) is 10.1 Å². The smallest absolute Gasteiger partial charge is 0.138 e. The molecule has 6 nitrogen and oxygen atoms in total. The molecule has 0 bridgehead atoms. The minimum Gasteiger partial charge on any atom is -0.411 e. The van der Waals surface area contributed by atoms with Crippen LogP contribution in [0.5, 0.6) is 0 Å². The van der Waals surface area contributed by atoms with Crippen LogP contribution in [0.1, 0.15) is 18.3 Å². The van der Waals surface area contributed by atoms with E-state index in [2.05, 4.69) is 30.7 Å². The summed E-state index contributed by atoms with van der Waals surface area (Å²) in [7, 11) is 0. The summed E-state index contributed by atoms with van der Waals surface area (Å²) in [6.45, 7) is 4.45. The standard InChI is InChI=1S/C20H19N5O/c1-14(23-26)16-7-9-17(10-8-16)24-12-11-21-13-20(24)25-15(2)22-18-5-3-4-6-19(18)25/h3-11,13,26H,12H2,1-2H3. The molecule has 2 heterocycles. The van der Waals surface area contributed by atoms with E-state index >= 15 is 0 Å². The molecule has 130 valence electrons. The number of aliphatic imine (C=N–C) groups is 1. The molecule has 0 amide bonds. The molecule has 0 unspecified atom stereocenters. The predicted molar refractivity (Wildman–Crippen MR) is 105 cm³/mol. The SMILES string of the molecule is CC(=NO)c1ccc(N2CC=NC=C2n2c(C)nc3ccccc32)cc1. The fourth-order valence-electron chi connectivity index (χ4n) is 3.20. The lowest BCUT2D eigenvalue weighted by atomic mass is 10.1. The molecule has 0 spiro atoms. The van der Waals surface area contributed by atoms with Gasteiger partial charge in [-0.1, -0.05) is 29.4 Å². The maximum Gasteiger partial charge on any atom is 0.138 e. The van der Waals surface area contributed by atoms with Gasteiger partial charge in [-0.25, -0.2) is 4.98 Å². The van der Waals surface area contributed by atoms with Gasteiger partial charge in [-0.3, -0.25) is 9.56 Å². The van der Waals surface area contributed by atoms with Crippen molar-refractivity contribution in [3.8, 4) is 0 Å². The van der Waals surface area contributed by atoms with Gasteiger partial charge in [0, 0.05) is 11.9 Å². The van der Waals surface area contributed by atoms with Crippen molar-refractivity contribution >= 4 is 34.5 Å². The number of nitrogens with zero attached hydrogens (tertiary/aromatic N) is 5. The summed E-state index contributed by atoms with van der Waals surface area (Å²) in [5, 5.41) is 12.2. The van der Waals surface area contributed by atoms with E-state index in [4.69, 9.17) is 5.21 Å². The second-order valence-electron chi connectivity index (χ2n) is 6.14. The van der Waals surface area contributed by atoms with Gasteiger partial charge in [0.1, 0.15) is 11.6 Å². The number of hydrogen-bond acceptors (Lipinski definition) is 5. The van der Waals surface area contributed by atoms with Gasteiger partial charge >= 0.3 is 0 Å². The third-order valence-electron chi connectivity index (χ3n) is 4.54. The molecule has 1 aromatic heterocycles. The second kappa shape index (κ2) is 6.48. The fourth-order valence-corrected chi connectivity index (χ4v) is 3.20. The lowest BCUT2D eigenvalue weighted by Crippen LogP contribution is -2.29. The Morgan fingerprint density at radius 1 is 1.12 bits per heavy atom. The molecule has 2 aromatic carbocycles. The van der Waals surface area contributed by atoms with E-state index in [0.29, 0.717) is 12.3 Å². The van der Waals surface area contributed by atoms with Crippen LogP contribution >= 0.6 is 0 Å². The molecule has 1 N–H and O–H groups in total. The maximum absolute atomic E-state index is 8.95. The van der Waals surface area contributed by atoms with Crippen molar-refractivity contribution in [1.82, 2.24) is 9.55 Å². The first-order valence-electron chi connectivity index (χ1n) is 8.42. The Morgan fingerprint density at radius 3 is 2.65 bits per heavy atom. The Bertz CT molecular complexity index is 1040. The summed E-state index contributed by atoms with van der Waals surface area (Å²) in [5.74, 6) is 1.87. The largest absolute Gasteiger partial charge is 0.411 e. The molecule has 6 heteroatoms. The Morgan fingerprint density at radius 2 is 1.88 bits per heavy atom. The Hall–Kier alpha value is -3.41. The summed E-state index contributed by atoms with van der Waals surface area (Å²) in [6.07, 6.45) is 3.74. The average Bonchev–Trinajstić information content (AvgIpc) is 3.03. The number of hydrogen-bond donors (Lipinski definition) is 1.